The zero-order valence-electron chi connectivity index (χ0n) is 15.3. The normalized spacial score (nSPS) is 16.2. The molecule has 7 heteroatoms. The van der Waals surface area contributed by atoms with E-state index in [1.807, 2.05) is 23.7 Å². The highest BCUT2D eigenvalue weighted by molar-refractivity contribution is 7.22. The second kappa shape index (κ2) is 8.10. The molecule has 2 aromatic heterocycles. The third-order valence-electron chi connectivity index (χ3n) is 5.15. The fourth-order valence-corrected chi connectivity index (χ4v) is 4.61. The Bertz CT molecular complexity index is 891. The molecule has 2 heterocycles. The fraction of sp³-hybridized carbons (Fsp3) is 0.400. The molecule has 4 rings (SSSR count). The summed E-state index contributed by atoms with van der Waals surface area (Å²) in [6.07, 6.45) is 8.27. The van der Waals surface area contributed by atoms with Gasteiger partial charge in [-0.15, -0.1) is 0 Å². The first-order chi connectivity index (χ1) is 13.2. The minimum Gasteiger partial charge on any atom is -0.456 e. The number of thiazole rings is 1. The van der Waals surface area contributed by atoms with Gasteiger partial charge in [0, 0.05) is 12.1 Å². The number of nitrogens with zero attached hydrogens (tertiary/aromatic N) is 2. The van der Waals surface area contributed by atoms with Crippen molar-refractivity contribution in [2.45, 2.75) is 45.1 Å². The van der Waals surface area contributed by atoms with Gasteiger partial charge in [-0.3, -0.25) is 10.7 Å². The van der Waals surface area contributed by atoms with E-state index in [-0.39, 0.29) is 0 Å². The van der Waals surface area contributed by atoms with Gasteiger partial charge in [-0.1, -0.05) is 30.6 Å². The molecule has 0 bridgehead atoms. The van der Waals surface area contributed by atoms with E-state index in [1.165, 1.54) is 32.1 Å². The van der Waals surface area contributed by atoms with Crippen LogP contribution in [0.2, 0.25) is 0 Å². The van der Waals surface area contributed by atoms with E-state index in [9.17, 15) is 0 Å². The maximum atomic E-state index is 8.82. The van der Waals surface area contributed by atoms with Crippen LogP contribution < -0.4 is 15.5 Å². The molecule has 3 aromatic rings. The van der Waals surface area contributed by atoms with Crippen molar-refractivity contribution >= 4 is 32.5 Å². The van der Waals surface area contributed by atoms with Crippen LogP contribution in [0.15, 0.2) is 36.5 Å². The average molecular weight is 385 g/mol. The van der Waals surface area contributed by atoms with Gasteiger partial charge in [-0.25, -0.2) is 9.97 Å². The number of ether oxygens (including phenoxy) is 1. The largest absolute Gasteiger partial charge is 0.456 e. The van der Waals surface area contributed by atoms with Crippen molar-refractivity contribution in [1.29, 1.82) is 0 Å². The fourth-order valence-electron chi connectivity index (χ4n) is 3.62. The summed E-state index contributed by atoms with van der Waals surface area (Å²) in [5.74, 6) is 2.48. The molecule has 142 valence electrons. The number of aromatic nitrogens is 2. The van der Waals surface area contributed by atoms with E-state index in [2.05, 4.69) is 17.2 Å². The summed E-state index contributed by atoms with van der Waals surface area (Å²) in [5, 5.41) is 13.4. The van der Waals surface area contributed by atoms with Crippen LogP contribution in [0.5, 0.6) is 11.5 Å². The van der Waals surface area contributed by atoms with E-state index in [4.69, 9.17) is 14.9 Å². The van der Waals surface area contributed by atoms with Gasteiger partial charge < -0.3 is 10.1 Å². The monoisotopic (exact) mass is 384 g/mol. The van der Waals surface area contributed by atoms with E-state index >= 15 is 0 Å². The van der Waals surface area contributed by atoms with Crippen molar-refractivity contribution in [3.8, 4) is 11.5 Å². The summed E-state index contributed by atoms with van der Waals surface area (Å²) in [6, 6.07) is 9.74. The van der Waals surface area contributed by atoms with E-state index in [0.29, 0.717) is 17.6 Å². The van der Waals surface area contributed by atoms with E-state index in [0.717, 1.165) is 27.0 Å². The maximum Gasteiger partial charge on any atom is 0.184 e. The summed E-state index contributed by atoms with van der Waals surface area (Å²) in [5.41, 5.74) is 2.98. The number of fused-ring (bicyclic) bond motifs is 1. The van der Waals surface area contributed by atoms with Crippen LogP contribution in [0, 0.1) is 5.92 Å². The number of nitrogens with one attached hydrogen (secondary N) is 2. The first-order valence-corrected chi connectivity index (χ1v) is 10.2. The summed E-state index contributed by atoms with van der Waals surface area (Å²) >= 11 is 1.66. The number of hydrogen-bond acceptors (Lipinski definition) is 7. The predicted molar refractivity (Wildman–Crippen MR) is 109 cm³/mol. The van der Waals surface area contributed by atoms with Crippen LogP contribution >= 0.6 is 11.3 Å². The van der Waals surface area contributed by atoms with Crippen molar-refractivity contribution in [3.05, 3.63) is 36.5 Å². The molecule has 1 fully saturated rings. The number of benzene rings is 1. The zero-order valence-corrected chi connectivity index (χ0v) is 16.1. The maximum absolute atomic E-state index is 8.82. The molecule has 1 aliphatic rings. The highest BCUT2D eigenvalue weighted by Gasteiger charge is 2.20. The van der Waals surface area contributed by atoms with Crippen LogP contribution in [-0.2, 0) is 0 Å². The molecular formula is C20H24N4O2S. The Kier molecular flexibility index (Phi) is 5.40. The van der Waals surface area contributed by atoms with Crippen molar-refractivity contribution < 1.29 is 9.94 Å². The highest BCUT2D eigenvalue weighted by atomic mass is 32.1. The second-order valence-electron chi connectivity index (χ2n) is 7.07. The van der Waals surface area contributed by atoms with Crippen LogP contribution in [0.25, 0.3) is 10.2 Å². The summed E-state index contributed by atoms with van der Waals surface area (Å²) in [7, 11) is 0. The standard InChI is InChI=1S/C20H24N4O2S/c1-13(14-5-3-2-4-6-14)22-20-23-17-9-7-15(11-18(17)27-20)26-16-8-10-19(24-25)21-12-16/h7-14,25H,2-6H2,1H3,(H,21,24)(H,22,23). The van der Waals surface area contributed by atoms with Crippen molar-refractivity contribution in [3.63, 3.8) is 0 Å². The molecule has 0 amide bonds. The predicted octanol–water partition coefficient (Wildman–Crippen LogP) is 5.67. The lowest BCUT2D eigenvalue weighted by atomic mass is 9.85. The van der Waals surface area contributed by atoms with E-state index < -0.39 is 0 Å². The Hall–Kier alpha value is -2.38. The average Bonchev–Trinajstić information content (AvgIpc) is 3.10. The number of pyridine rings is 1. The molecule has 1 unspecified atom stereocenters. The molecule has 0 radical (unpaired) electrons. The number of hydrogen-bond donors (Lipinski definition) is 3. The molecule has 1 aliphatic carbocycles. The third kappa shape index (κ3) is 4.31. The van der Waals surface area contributed by atoms with Crippen molar-refractivity contribution in [2.75, 3.05) is 10.8 Å². The van der Waals surface area contributed by atoms with Crippen LogP contribution in [0.1, 0.15) is 39.0 Å². The van der Waals surface area contributed by atoms with Crippen LogP contribution in [-0.4, -0.2) is 21.2 Å². The van der Waals surface area contributed by atoms with Gasteiger partial charge >= 0.3 is 0 Å². The third-order valence-corrected chi connectivity index (χ3v) is 6.10. The Morgan fingerprint density at radius 2 is 1.96 bits per heavy atom. The summed E-state index contributed by atoms with van der Waals surface area (Å²) in [6.45, 7) is 2.27. The van der Waals surface area contributed by atoms with Gasteiger partial charge in [0.15, 0.2) is 5.13 Å². The minimum absolute atomic E-state index is 0.378. The van der Waals surface area contributed by atoms with E-state index in [1.54, 1.807) is 29.7 Å². The first kappa shape index (κ1) is 18.0. The molecule has 0 aliphatic heterocycles. The number of anilines is 2. The molecule has 27 heavy (non-hydrogen) atoms. The molecule has 0 spiro atoms. The summed E-state index contributed by atoms with van der Waals surface area (Å²) in [4.78, 5) is 8.75. The topological polar surface area (TPSA) is 79.3 Å². The summed E-state index contributed by atoms with van der Waals surface area (Å²) < 4.78 is 6.95. The lowest BCUT2D eigenvalue weighted by molar-refractivity contribution is 0.328. The zero-order chi connectivity index (χ0) is 18.6. The van der Waals surface area contributed by atoms with Crippen LogP contribution in [0.3, 0.4) is 0 Å². The molecule has 1 aromatic carbocycles. The van der Waals surface area contributed by atoms with Gasteiger partial charge in [0.25, 0.3) is 0 Å². The highest BCUT2D eigenvalue weighted by Crippen LogP contribution is 2.33. The molecule has 0 saturated heterocycles. The lowest BCUT2D eigenvalue weighted by Gasteiger charge is -2.28. The Morgan fingerprint density at radius 3 is 2.70 bits per heavy atom. The molecule has 1 atom stereocenters. The SMILES string of the molecule is CC(Nc1nc2ccc(Oc3ccc(NO)nc3)cc2s1)C1CCCCC1. The van der Waals surface area contributed by atoms with Gasteiger partial charge in [0.1, 0.15) is 17.3 Å². The molecule has 3 N–H and O–H groups in total. The molecule has 1 saturated carbocycles. The molecular weight excluding hydrogens is 360 g/mol. The Labute approximate surface area is 162 Å². The number of rotatable bonds is 6. The smallest absolute Gasteiger partial charge is 0.184 e. The van der Waals surface area contributed by atoms with Gasteiger partial charge in [-0.2, -0.15) is 0 Å². The Morgan fingerprint density at radius 1 is 1.15 bits per heavy atom. The second-order valence-corrected chi connectivity index (χ2v) is 8.10. The quantitative estimate of drug-likeness (QED) is 0.476. The van der Waals surface area contributed by atoms with Gasteiger partial charge in [0.05, 0.1) is 16.4 Å². The van der Waals surface area contributed by atoms with Crippen LogP contribution in [0.4, 0.5) is 10.9 Å². The van der Waals surface area contributed by atoms with Gasteiger partial charge in [0.2, 0.25) is 0 Å². The minimum atomic E-state index is 0.378. The first-order valence-electron chi connectivity index (χ1n) is 9.42. The van der Waals surface area contributed by atoms with Crippen molar-refractivity contribution in [2.24, 2.45) is 5.92 Å². The molecule has 6 nitrogen and oxygen atoms in total. The van der Waals surface area contributed by atoms with Gasteiger partial charge in [-0.05, 0) is 49.9 Å². The van der Waals surface area contributed by atoms with Crippen molar-refractivity contribution in [1.82, 2.24) is 9.97 Å². The Balaban J connectivity index is 1.46. The lowest BCUT2D eigenvalue weighted by Crippen LogP contribution is -2.27.